The van der Waals surface area contributed by atoms with Crippen LogP contribution in [0.1, 0.15) is 82.1 Å². The summed E-state index contributed by atoms with van der Waals surface area (Å²) in [5.74, 6) is -0.158. The first-order valence-corrected chi connectivity index (χ1v) is 33.8. The maximum absolute atomic E-state index is 9.63. The molecular formula is C93H74BN3. The lowest BCUT2D eigenvalue weighted by Gasteiger charge is -2.46. The average molecular weight is 1250 g/mol. The molecule has 0 unspecified atom stereocenters. The second-order valence-electron chi connectivity index (χ2n) is 28.0. The smallest absolute Gasteiger partial charge is 0.252 e. The van der Waals surface area contributed by atoms with Gasteiger partial charge in [-0.15, -0.1) is 0 Å². The maximum Gasteiger partial charge on any atom is 0.252 e. The Labute approximate surface area is 578 Å². The first-order valence-electron chi connectivity index (χ1n) is 36.3. The monoisotopic (exact) mass is 1250 g/mol. The van der Waals surface area contributed by atoms with Crippen LogP contribution >= 0.6 is 0 Å². The van der Waals surface area contributed by atoms with Gasteiger partial charge < -0.3 is 14.4 Å². The average Bonchev–Trinajstić information content (AvgIpc) is 1.67. The summed E-state index contributed by atoms with van der Waals surface area (Å²) in [7, 11) is 0. The van der Waals surface area contributed by atoms with Gasteiger partial charge >= 0.3 is 0 Å². The molecular weight excluding hydrogens is 1170 g/mol. The van der Waals surface area contributed by atoms with Crippen molar-refractivity contribution in [3.05, 3.63) is 361 Å². The highest BCUT2D eigenvalue weighted by molar-refractivity contribution is 7.00. The molecule has 3 heterocycles. The summed E-state index contributed by atoms with van der Waals surface area (Å²) in [6.07, 6.45) is 0. The summed E-state index contributed by atoms with van der Waals surface area (Å²) in [5, 5.41) is 2.33. The number of para-hydroxylation sites is 2. The van der Waals surface area contributed by atoms with Gasteiger partial charge in [-0.3, -0.25) is 0 Å². The molecule has 2 aliphatic heterocycles. The first-order chi connectivity index (χ1) is 49.5. The predicted octanol–water partition coefficient (Wildman–Crippen LogP) is 23.0. The van der Waals surface area contributed by atoms with Crippen molar-refractivity contribution in [2.24, 2.45) is 0 Å². The van der Waals surface area contributed by atoms with E-state index in [1.807, 2.05) is 6.07 Å². The van der Waals surface area contributed by atoms with E-state index in [4.69, 9.17) is 4.11 Å². The van der Waals surface area contributed by atoms with Gasteiger partial charge in [-0.1, -0.05) is 327 Å². The zero-order chi connectivity index (χ0) is 69.9. The number of anilines is 6. The fourth-order valence-corrected chi connectivity index (χ4v) is 15.4. The molecule has 0 fully saturated rings. The van der Waals surface area contributed by atoms with E-state index in [1.54, 1.807) is 0 Å². The molecule has 4 heteroatoms. The van der Waals surface area contributed by atoms with E-state index in [1.165, 1.54) is 33.0 Å². The Balaban J connectivity index is 1.09. The third-order valence-corrected chi connectivity index (χ3v) is 20.1. The van der Waals surface area contributed by atoms with E-state index in [9.17, 15) is 2.74 Å². The number of benzene rings is 14. The molecule has 3 nitrogen and oxygen atoms in total. The highest BCUT2D eigenvalue weighted by Gasteiger charge is 2.46. The number of hydrogen-bond acceptors (Lipinski definition) is 2. The van der Waals surface area contributed by atoms with Gasteiger partial charge in [0.05, 0.1) is 34.9 Å². The maximum atomic E-state index is 9.63. The van der Waals surface area contributed by atoms with E-state index in [0.29, 0.717) is 5.56 Å². The van der Waals surface area contributed by atoms with Crippen LogP contribution in [0.5, 0.6) is 0 Å². The number of rotatable bonds is 11. The van der Waals surface area contributed by atoms with E-state index in [2.05, 4.69) is 353 Å². The quantitative estimate of drug-likeness (QED) is 0.0945. The van der Waals surface area contributed by atoms with Gasteiger partial charge in [0, 0.05) is 61.7 Å². The Morgan fingerprint density at radius 1 is 0.320 bits per heavy atom. The summed E-state index contributed by atoms with van der Waals surface area (Å²) >= 11 is 0. The summed E-state index contributed by atoms with van der Waals surface area (Å²) < 4.78 is 48.8. The Hall–Kier alpha value is -11.5. The Morgan fingerprint density at radius 2 is 0.711 bits per heavy atom. The van der Waals surface area contributed by atoms with Crippen LogP contribution in [0.4, 0.5) is 34.1 Å². The molecule has 17 rings (SSSR count). The molecule has 0 aliphatic carbocycles. The van der Waals surface area contributed by atoms with Crippen LogP contribution in [-0.4, -0.2) is 11.3 Å². The fourth-order valence-electron chi connectivity index (χ4n) is 15.4. The lowest BCUT2D eigenvalue weighted by Crippen LogP contribution is -2.61. The normalized spacial score (nSPS) is 13.4. The van der Waals surface area contributed by atoms with Crippen LogP contribution in [0, 0.1) is 0 Å². The summed E-state index contributed by atoms with van der Waals surface area (Å²) in [6.45, 7) is 13.3. The molecule has 0 saturated carbocycles. The van der Waals surface area contributed by atoms with Gasteiger partial charge in [-0.05, 0) is 137 Å². The van der Waals surface area contributed by atoms with Crippen LogP contribution in [-0.2, 0) is 10.8 Å². The van der Waals surface area contributed by atoms with E-state index in [0.717, 1.165) is 117 Å². The van der Waals surface area contributed by atoms with Crippen LogP contribution < -0.4 is 26.2 Å². The largest absolute Gasteiger partial charge is 0.310 e. The van der Waals surface area contributed by atoms with Crippen LogP contribution in [0.3, 0.4) is 0 Å². The van der Waals surface area contributed by atoms with Crippen molar-refractivity contribution in [3.8, 4) is 61.3 Å². The molecule has 0 radical (unpaired) electrons. The van der Waals surface area contributed by atoms with Crippen LogP contribution in [0.15, 0.2) is 334 Å². The zero-order valence-corrected chi connectivity index (χ0v) is 55.4. The highest BCUT2D eigenvalue weighted by atomic mass is 15.2. The third-order valence-electron chi connectivity index (χ3n) is 20.1. The highest BCUT2D eigenvalue weighted by Crippen LogP contribution is 2.55. The predicted molar refractivity (Wildman–Crippen MR) is 413 cm³/mol. The molecule has 0 saturated heterocycles. The molecule has 0 atom stereocenters. The molecule has 15 aromatic rings. The van der Waals surface area contributed by atoms with Gasteiger partial charge in [0.25, 0.3) is 6.71 Å². The van der Waals surface area contributed by atoms with Crippen molar-refractivity contribution in [2.45, 2.75) is 58.3 Å². The molecule has 97 heavy (non-hydrogen) atoms. The number of fused-ring (bicyclic) bond motifs is 7. The number of nitrogens with zero attached hydrogens (tertiary/aromatic N) is 3. The van der Waals surface area contributed by atoms with Crippen molar-refractivity contribution in [3.63, 3.8) is 0 Å². The topological polar surface area (TPSA) is 11.4 Å². The lowest BCUT2D eigenvalue weighted by atomic mass is 9.33. The Kier molecular flexibility index (Phi) is 13.2. The van der Waals surface area contributed by atoms with Crippen LogP contribution in [0.25, 0.3) is 83.1 Å². The van der Waals surface area contributed by atoms with E-state index < -0.39 is 12.8 Å². The summed E-state index contributed by atoms with van der Waals surface area (Å²) in [6, 6.07) is 109. The minimum atomic E-state index is -0.438. The molecule has 0 amide bonds. The molecule has 2 aliphatic rings. The molecule has 464 valence electrons. The number of hydrogen-bond donors (Lipinski definition) is 0. The third kappa shape index (κ3) is 10.3. The van der Waals surface area contributed by atoms with Gasteiger partial charge in [-0.25, -0.2) is 0 Å². The van der Waals surface area contributed by atoms with Gasteiger partial charge in [0.2, 0.25) is 0 Å². The SMILES string of the molecule is [2H]c1c([2H])c([2H])c(-c2ccc3c(c2)N(c2c(-c4ccccc4)cccc2-c2ccccc2)c2cc(-n4c5ccc(C(C)(C)C)cc5c5cc(C(C)(C)C)ccc54)cc4c2B3c2ccc(C(c3ccccc3)c3ccccc3)cc2N4c2c(-c3ccccc3)cccc2-c2ccccc2)c([2H])c1[2H]. The van der Waals surface area contributed by atoms with Crippen molar-refractivity contribution < 1.29 is 6.85 Å². The second kappa shape index (κ2) is 23.8. The lowest BCUT2D eigenvalue weighted by molar-refractivity contribution is 0.590. The van der Waals surface area contributed by atoms with Crippen molar-refractivity contribution >= 4 is 79.0 Å². The second-order valence-corrected chi connectivity index (χ2v) is 28.0. The molecule has 0 bridgehead atoms. The summed E-state index contributed by atoms with van der Waals surface area (Å²) in [5.41, 5.74) is 26.5. The molecule has 0 spiro atoms. The van der Waals surface area contributed by atoms with Crippen molar-refractivity contribution in [1.29, 1.82) is 0 Å². The van der Waals surface area contributed by atoms with Gasteiger partial charge in [0.1, 0.15) is 0 Å². The van der Waals surface area contributed by atoms with Gasteiger partial charge in [0.15, 0.2) is 0 Å². The van der Waals surface area contributed by atoms with E-state index >= 15 is 0 Å². The van der Waals surface area contributed by atoms with Crippen LogP contribution in [0.2, 0.25) is 0 Å². The van der Waals surface area contributed by atoms with Gasteiger partial charge in [-0.2, -0.15) is 0 Å². The first kappa shape index (κ1) is 53.9. The molecule has 0 N–H and O–H groups in total. The van der Waals surface area contributed by atoms with E-state index in [-0.39, 0.29) is 46.5 Å². The fraction of sp³-hybridized carbons (Fsp3) is 0.0968. The minimum Gasteiger partial charge on any atom is -0.310 e. The van der Waals surface area contributed by atoms with Crippen molar-refractivity contribution in [1.82, 2.24) is 4.57 Å². The minimum absolute atomic E-state index is 0.136. The molecule has 1 aromatic heterocycles. The Morgan fingerprint density at radius 3 is 1.12 bits per heavy atom. The molecule has 14 aromatic carbocycles. The standard InChI is InChI=1S/C93H74BN3/c1-92(2,3)71-50-54-82-78(58-71)79-59-72(93(4,5)6)51-55-83(79)95(82)73-60-86-89-87(61-73)97(91-76(65-36-20-10-21-37-65)46-29-47-77(91)66-38-22-11-23-39-66)85-57-70(88(67-40-24-12-25-41-67)68-42-26-13-27-43-68)49-53-81(85)94(89)80-52-48-69(62-30-14-7-15-31-62)56-84(80)96(86)90-74(63-32-16-8-17-33-63)44-28-45-75(90)64-34-18-9-19-35-64/h7-61,88H,1-6H3/i7D,14D,15D,30D,31D. The Bertz CT molecular complexity index is 5530. The number of aromatic nitrogens is 1. The summed E-state index contributed by atoms with van der Waals surface area (Å²) in [4.78, 5) is 5.09. The van der Waals surface area contributed by atoms with Crippen molar-refractivity contribution in [2.75, 3.05) is 9.80 Å². The zero-order valence-electron chi connectivity index (χ0n) is 60.4.